The SMILES string of the molecule is [2H]N1CCC2C(=O)OC(=O)CN2C1. The number of fused-ring (bicyclic) bond motifs is 1. The van der Waals surface area contributed by atoms with Crippen LogP contribution in [0.2, 0.25) is 1.41 Å². The molecule has 0 aliphatic carbocycles. The number of nitrogens with one attached hydrogen (secondary N) is 1. The molecule has 5 nitrogen and oxygen atoms in total. The molecule has 12 heavy (non-hydrogen) atoms. The summed E-state index contributed by atoms with van der Waals surface area (Å²) in [6.45, 7) is 1.00. The Balaban J connectivity index is 2.10. The number of carbonyl (C=O) groups excluding carboxylic acids is 2. The summed E-state index contributed by atoms with van der Waals surface area (Å²) in [5.74, 6) is -0.985. The van der Waals surface area contributed by atoms with E-state index in [4.69, 9.17) is 1.41 Å². The summed E-state index contributed by atoms with van der Waals surface area (Å²) >= 11 is 0. The quantitative estimate of drug-likeness (QED) is 0.362. The molecule has 2 saturated heterocycles. The number of ether oxygens (including phenoxy) is 1. The van der Waals surface area contributed by atoms with Crippen molar-refractivity contribution in [3.63, 3.8) is 0 Å². The molecule has 0 bridgehead atoms. The highest BCUT2D eigenvalue weighted by molar-refractivity contribution is 5.92. The number of hydrogen-bond donors (Lipinski definition) is 1. The third kappa shape index (κ3) is 1.21. The summed E-state index contributed by atoms with van der Waals surface area (Å²) in [7, 11) is 0. The fourth-order valence-electron chi connectivity index (χ4n) is 1.50. The van der Waals surface area contributed by atoms with E-state index in [1.807, 2.05) is 0 Å². The molecule has 2 aliphatic heterocycles. The summed E-state index contributed by atoms with van der Waals surface area (Å²) in [5, 5.41) is 1.34. The molecule has 1 N–H and O–H groups in total. The van der Waals surface area contributed by atoms with Crippen molar-refractivity contribution in [2.45, 2.75) is 12.5 Å². The first-order chi connectivity index (χ1) is 6.16. The third-order valence-electron chi connectivity index (χ3n) is 2.10. The van der Waals surface area contributed by atoms with E-state index in [2.05, 4.69) is 4.74 Å². The number of hydrogen-bond acceptors (Lipinski definition) is 5. The van der Waals surface area contributed by atoms with E-state index < -0.39 is 11.9 Å². The third-order valence-corrected chi connectivity index (χ3v) is 2.10. The van der Waals surface area contributed by atoms with Gasteiger partial charge in [-0.05, 0) is 13.0 Å². The molecule has 66 valence electrons. The van der Waals surface area contributed by atoms with Crippen LogP contribution in [0.3, 0.4) is 0 Å². The fourth-order valence-corrected chi connectivity index (χ4v) is 1.50. The van der Waals surface area contributed by atoms with Crippen LogP contribution in [-0.2, 0) is 14.3 Å². The van der Waals surface area contributed by atoms with Gasteiger partial charge >= 0.3 is 11.9 Å². The van der Waals surface area contributed by atoms with Crippen molar-refractivity contribution >= 4 is 11.9 Å². The molecule has 0 spiro atoms. The first kappa shape index (κ1) is 6.56. The molecule has 2 heterocycles. The minimum absolute atomic E-state index is 0.117. The molecule has 2 fully saturated rings. The van der Waals surface area contributed by atoms with Crippen molar-refractivity contribution in [3.05, 3.63) is 0 Å². The first-order valence-electron chi connectivity index (χ1n) is 4.34. The Morgan fingerprint density at radius 1 is 1.67 bits per heavy atom. The summed E-state index contributed by atoms with van der Waals surface area (Å²) in [4.78, 5) is 23.7. The molecule has 0 aromatic rings. The minimum atomic E-state index is -0.517. The van der Waals surface area contributed by atoms with Crippen LogP contribution >= 0.6 is 0 Å². The number of carbonyl (C=O) groups is 2. The summed E-state index contributed by atoms with van der Waals surface area (Å²) in [6, 6.07) is -0.320. The standard InChI is InChI=1S/C7H10N2O3/c10-6-3-9-4-8-2-1-5(9)7(11)12-6/h5,8H,1-4H2/i/hD. The molecule has 1 unspecified atom stereocenters. The van der Waals surface area contributed by atoms with E-state index in [1.165, 1.54) is 5.31 Å². The van der Waals surface area contributed by atoms with Crippen LogP contribution in [0.1, 0.15) is 6.42 Å². The van der Waals surface area contributed by atoms with E-state index in [0.29, 0.717) is 19.6 Å². The lowest BCUT2D eigenvalue weighted by Crippen LogP contribution is -2.57. The van der Waals surface area contributed by atoms with Crippen LogP contribution in [-0.4, -0.2) is 42.6 Å². The zero-order chi connectivity index (χ0) is 9.42. The largest absolute Gasteiger partial charge is 0.391 e. The molecule has 0 aromatic carbocycles. The van der Waals surface area contributed by atoms with E-state index >= 15 is 0 Å². The number of rotatable bonds is 0. The molecule has 0 aromatic heterocycles. The predicted molar refractivity (Wildman–Crippen MR) is 39.1 cm³/mol. The zero-order valence-corrected chi connectivity index (χ0v) is 6.52. The van der Waals surface area contributed by atoms with E-state index in [9.17, 15) is 9.59 Å². The Morgan fingerprint density at radius 2 is 2.50 bits per heavy atom. The maximum atomic E-state index is 11.2. The second kappa shape index (κ2) is 2.84. The van der Waals surface area contributed by atoms with Gasteiger partial charge < -0.3 is 10.0 Å². The van der Waals surface area contributed by atoms with E-state index in [-0.39, 0.29) is 12.6 Å². The Morgan fingerprint density at radius 3 is 3.33 bits per heavy atom. The average Bonchev–Trinajstić information content (AvgIpc) is 2.02. The molecule has 2 aliphatic rings. The highest BCUT2D eigenvalue weighted by atomic mass is 16.6. The van der Waals surface area contributed by atoms with Gasteiger partial charge in [0.05, 0.1) is 6.54 Å². The first-order valence-corrected chi connectivity index (χ1v) is 3.89. The van der Waals surface area contributed by atoms with E-state index in [1.54, 1.807) is 4.90 Å². The zero-order valence-electron chi connectivity index (χ0n) is 7.52. The van der Waals surface area contributed by atoms with Crippen LogP contribution in [0.15, 0.2) is 0 Å². The molecular weight excluding hydrogens is 160 g/mol. The molecule has 0 amide bonds. The summed E-state index contributed by atoms with van der Waals surface area (Å²) in [6.07, 6.45) is 0.565. The van der Waals surface area contributed by atoms with E-state index in [0.717, 1.165) is 0 Å². The lowest BCUT2D eigenvalue weighted by atomic mass is 10.1. The van der Waals surface area contributed by atoms with Gasteiger partial charge in [-0.1, -0.05) is 0 Å². The Kier molecular flexibility index (Phi) is 1.55. The highest BCUT2D eigenvalue weighted by Crippen LogP contribution is 2.13. The average molecular weight is 171 g/mol. The number of cyclic esters (lactones) is 2. The predicted octanol–water partition coefficient (Wildman–Crippen LogP) is -1.31. The lowest BCUT2D eigenvalue weighted by Gasteiger charge is -2.36. The Labute approximate surface area is 71.1 Å². The second-order valence-electron chi connectivity index (χ2n) is 2.93. The maximum Gasteiger partial charge on any atom is 0.331 e. The van der Waals surface area contributed by atoms with Gasteiger partial charge in [0.25, 0.3) is 0 Å². The summed E-state index contributed by atoms with van der Waals surface area (Å²) in [5.41, 5.74) is 0. The van der Waals surface area contributed by atoms with Crippen LogP contribution in [0, 0.1) is 0 Å². The molecule has 2 rings (SSSR count). The Bertz CT molecular complexity index is 258. The molecule has 1 atom stereocenters. The topological polar surface area (TPSA) is 58.6 Å². The van der Waals surface area contributed by atoms with Gasteiger partial charge in [0, 0.05) is 6.67 Å². The van der Waals surface area contributed by atoms with Gasteiger partial charge in [-0.2, -0.15) is 0 Å². The molecule has 0 radical (unpaired) electrons. The van der Waals surface area contributed by atoms with Crippen molar-refractivity contribution in [1.29, 1.82) is 0 Å². The van der Waals surface area contributed by atoms with Crippen molar-refractivity contribution in [2.75, 3.05) is 19.8 Å². The van der Waals surface area contributed by atoms with Gasteiger partial charge in [0.15, 0.2) is 0 Å². The van der Waals surface area contributed by atoms with Crippen molar-refractivity contribution in [2.24, 2.45) is 0 Å². The van der Waals surface area contributed by atoms with Gasteiger partial charge in [-0.15, -0.1) is 0 Å². The minimum Gasteiger partial charge on any atom is -0.391 e. The number of morpholine rings is 1. The van der Waals surface area contributed by atoms with Crippen LogP contribution < -0.4 is 5.31 Å². The Hall–Kier alpha value is -0.940. The second-order valence-corrected chi connectivity index (χ2v) is 2.93. The lowest BCUT2D eigenvalue weighted by molar-refractivity contribution is -0.173. The summed E-state index contributed by atoms with van der Waals surface area (Å²) < 4.78 is 11.8. The molecule has 5 heteroatoms. The van der Waals surface area contributed by atoms with Crippen LogP contribution in [0.4, 0.5) is 0 Å². The van der Waals surface area contributed by atoms with Gasteiger partial charge in [-0.3, -0.25) is 9.69 Å². The monoisotopic (exact) mass is 171 g/mol. The number of nitrogens with zero attached hydrogens (tertiary/aromatic N) is 1. The van der Waals surface area contributed by atoms with Crippen LogP contribution in [0.5, 0.6) is 0 Å². The van der Waals surface area contributed by atoms with Crippen molar-refractivity contribution in [1.82, 2.24) is 10.2 Å². The normalized spacial score (nSPS) is 34.0. The van der Waals surface area contributed by atoms with Gasteiger partial charge in [0.2, 0.25) is 0 Å². The van der Waals surface area contributed by atoms with Gasteiger partial charge in [-0.25, -0.2) is 4.79 Å². The van der Waals surface area contributed by atoms with Crippen molar-refractivity contribution < 1.29 is 15.7 Å². The molecular formula is C7H10N2O3. The number of esters is 2. The van der Waals surface area contributed by atoms with Crippen LogP contribution in [0.25, 0.3) is 0 Å². The smallest absolute Gasteiger partial charge is 0.331 e. The van der Waals surface area contributed by atoms with Crippen molar-refractivity contribution in [3.8, 4) is 0 Å². The fraction of sp³-hybridized carbons (Fsp3) is 0.714. The van der Waals surface area contributed by atoms with Gasteiger partial charge in [0.1, 0.15) is 7.45 Å². The highest BCUT2D eigenvalue weighted by Gasteiger charge is 2.36. The molecule has 0 saturated carbocycles. The maximum absolute atomic E-state index is 11.2.